The van der Waals surface area contributed by atoms with E-state index in [0.717, 1.165) is 21.2 Å². The molecule has 0 saturated carbocycles. The average Bonchev–Trinajstić information content (AvgIpc) is 2.56. The number of aldehydes is 1. The van der Waals surface area contributed by atoms with E-state index in [1.165, 1.54) is 0 Å². The normalized spacial score (nSPS) is 10.0. The highest BCUT2D eigenvalue weighted by atomic mass is 32.1. The predicted molar refractivity (Wildman–Crippen MR) is 56.7 cm³/mol. The standard InChI is InChI=1S/C11H7NOS/c1-7-4-9-10(6-13)8(5-12)2-3-11(9)14-7/h2-4,6H,1H3. The van der Waals surface area contributed by atoms with Crippen molar-refractivity contribution in [2.24, 2.45) is 0 Å². The largest absolute Gasteiger partial charge is 0.298 e. The molecule has 0 atom stereocenters. The summed E-state index contributed by atoms with van der Waals surface area (Å²) >= 11 is 1.63. The van der Waals surface area contributed by atoms with Crippen LogP contribution in [0, 0.1) is 18.3 Å². The minimum absolute atomic E-state index is 0.449. The van der Waals surface area contributed by atoms with Crippen molar-refractivity contribution in [3.8, 4) is 6.07 Å². The van der Waals surface area contributed by atoms with Gasteiger partial charge in [0.1, 0.15) is 0 Å². The average molecular weight is 201 g/mol. The van der Waals surface area contributed by atoms with E-state index >= 15 is 0 Å². The predicted octanol–water partition coefficient (Wildman–Crippen LogP) is 2.89. The first-order valence-electron chi connectivity index (χ1n) is 4.14. The fourth-order valence-corrected chi connectivity index (χ4v) is 2.42. The van der Waals surface area contributed by atoms with Crippen molar-refractivity contribution in [1.29, 1.82) is 5.26 Å². The number of rotatable bonds is 1. The monoisotopic (exact) mass is 201 g/mol. The Morgan fingerprint density at radius 1 is 1.50 bits per heavy atom. The van der Waals surface area contributed by atoms with Crippen LogP contribution in [0.5, 0.6) is 0 Å². The molecule has 0 amide bonds. The van der Waals surface area contributed by atoms with Gasteiger partial charge in [-0.05, 0) is 25.1 Å². The Morgan fingerprint density at radius 2 is 2.29 bits per heavy atom. The summed E-state index contributed by atoms with van der Waals surface area (Å²) in [6.07, 6.45) is 0.757. The van der Waals surface area contributed by atoms with E-state index in [9.17, 15) is 4.79 Å². The molecule has 2 aromatic rings. The van der Waals surface area contributed by atoms with Gasteiger partial charge < -0.3 is 0 Å². The molecular formula is C11H7NOS. The minimum Gasteiger partial charge on any atom is -0.298 e. The van der Waals surface area contributed by atoms with Crippen molar-refractivity contribution < 1.29 is 4.79 Å². The van der Waals surface area contributed by atoms with E-state index < -0.39 is 0 Å². The van der Waals surface area contributed by atoms with Crippen molar-refractivity contribution in [3.63, 3.8) is 0 Å². The third-order valence-corrected chi connectivity index (χ3v) is 3.12. The van der Waals surface area contributed by atoms with E-state index in [1.807, 2.05) is 25.1 Å². The maximum Gasteiger partial charge on any atom is 0.152 e. The lowest BCUT2D eigenvalue weighted by Crippen LogP contribution is -1.86. The molecule has 2 nitrogen and oxygen atoms in total. The van der Waals surface area contributed by atoms with Crippen LogP contribution < -0.4 is 0 Å². The minimum atomic E-state index is 0.449. The van der Waals surface area contributed by atoms with Crippen LogP contribution in [0.15, 0.2) is 18.2 Å². The molecule has 3 heteroatoms. The molecule has 0 aliphatic rings. The third kappa shape index (κ3) is 1.21. The van der Waals surface area contributed by atoms with Crippen molar-refractivity contribution in [2.75, 3.05) is 0 Å². The van der Waals surface area contributed by atoms with Crippen LogP contribution in [0.3, 0.4) is 0 Å². The van der Waals surface area contributed by atoms with Crippen molar-refractivity contribution in [1.82, 2.24) is 0 Å². The molecule has 0 fully saturated rings. The lowest BCUT2D eigenvalue weighted by molar-refractivity contribution is 0.112. The first kappa shape index (κ1) is 8.92. The molecule has 1 aromatic heterocycles. The van der Waals surface area contributed by atoms with E-state index in [1.54, 1.807) is 17.4 Å². The van der Waals surface area contributed by atoms with Crippen molar-refractivity contribution >= 4 is 27.7 Å². The number of benzene rings is 1. The second kappa shape index (κ2) is 3.24. The summed E-state index contributed by atoms with van der Waals surface area (Å²) in [5.74, 6) is 0. The number of thiophene rings is 1. The number of aryl methyl sites for hydroxylation is 1. The van der Waals surface area contributed by atoms with Gasteiger partial charge in [0.25, 0.3) is 0 Å². The van der Waals surface area contributed by atoms with Crippen LogP contribution in [-0.4, -0.2) is 6.29 Å². The van der Waals surface area contributed by atoms with Gasteiger partial charge in [-0.15, -0.1) is 11.3 Å². The highest BCUT2D eigenvalue weighted by Gasteiger charge is 2.08. The molecule has 0 unspecified atom stereocenters. The summed E-state index contributed by atoms with van der Waals surface area (Å²) in [7, 11) is 0. The Balaban J connectivity index is 2.91. The van der Waals surface area contributed by atoms with Gasteiger partial charge in [0, 0.05) is 20.5 Å². The van der Waals surface area contributed by atoms with Crippen molar-refractivity contribution in [2.45, 2.75) is 6.92 Å². The Morgan fingerprint density at radius 3 is 2.93 bits per heavy atom. The maximum absolute atomic E-state index is 10.9. The molecule has 1 aromatic carbocycles. The highest BCUT2D eigenvalue weighted by molar-refractivity contribution is 7.19. The van der Waals surface area contributed by atoms with Crippen LogP contribution in [0.4, 0.5) is 0 Å². The molecule has 14 heavy (non-hydrogen) atoms. The van der Waals surface area contributed by atoms with E-state index in [0.29, 0.717) is 11.1 Å². The van der Waals surface area contributed by atoms with Gasteiger partial charge in [-0.1, -0.05) is 0 Å². The molecule has 0 N–H and O–H groups in total. The SMILES string of the molecule is Cc1cc2c(C=O)c(C#N)ccc2s1. The fraction of sp³-hybridized carbons (Fsp3) is 0.0909. The molecule has 2 rings (SSSR count). The number of hydrogen-bond acceptors (Lipinski definition) is 3. The summed E-state index contributed by atoms with van der Waals surface area (Å²) in [5, 5.41) is 9.70. The molecule has 0 saturated heterocycles. The molecule has 0 aliphatic heterocycles. The topological polar surface area (TPSA) is 40.9 Å². The third-order valence-electron chi connectivity index (χ3n) is 2.10. The van der Waals surface area contributed by atoms with Gasteiger partial charge >= 0.3 is 0 Å². The second-order valence-electron chi connectivity index (χ2n) is 3.03. The van der Waals surface area contributed by atoms with Gasteiger partial charge in [-0.25, -0.2) is 0 Å². The van der Waals surface area contributed by atoms with Gasteiger partial charge in [-0.3, -0.25) is 4.79 Å². The van der Waals surface area contributed by atoms with Crippen LogP contribution >= 0.6 is 11.3 Å². The number of fused-ring (bicyclic) bond motifs is 1. The second-order valence-corrected chi connectivity index (χ2v) is 4.31. The Bertz CT molecular complexity index is 548. The molecule has 0 bridgehead atoms. The summed E-state index contributed by atoms with van der Waals surface area (Å²) in [5.41, 5.74) is 0.958. The number of carbonyl (C=O) groups excluding carboxylic acids is 1. The Kier molecular flexibility index (Phi) is 2.06. The Hall–Kier alpha value is -1.66. The van der Waals surface area contributed by atoms with Crippen LogP contribution in [0.2, 0.25) is 0 Å². The zero-order chi connectivity index (χ0) is 10.1. The first-order valence-corrected chi connectivity index (χ1v) is 4.96. The Labute approximate surface area is 85.4 Å². The molecule has 0 spiro atoms. The summed E-state index contributed by atoms with van der Waals surface area (Å²) < 4.78 is 1.06. The lowest BCUT2D eigenvalue weighted by Gasteiger charge is -1.96. The lowest BCUT2D eigenvalue weighted by atomic mass is 10.1. The number of nitriles is 1. The first-order chi connectivity index (χ1) is 6.76. The summed E-state index contributed by atoms with van der Waals surface area (Å²) in [4.78, 5) is 12.0. The molecule has 1 heterocycles. The summed E-state index contributed by atoms with van der Waals surface area (Å²) in [6.45, 7) is 1.99. The summed E-state index contributed by atoms with van der Waals surface area (Å²) in [6, 6.07) is 7.55. The fourth-order valence-electron chi connectivity index (χ4n) is 1.48. The van der Waals surface area contributed by atoms with Crippen LogP contribution in [0.1, 0.15) is 20.8 Å². The van der Waals surface area contributed by atoms with Gasteiger partial charge in [0.2, 0.25) is 0 Å². The van der Waals surface area contributed by atoms with Crippen molar-refractivity contribution in [3.05, 3.63) is 34.2 Å². The molecule has 68 valence electrons. The van der Waals surface area contributed by atoms with E-state index in [4.69, 9.17) is 5.26 Å². The van der Waals surface area contributed by atoms with Crippen LogP contribution in [-0.2, 0) is 0 Å². The number of carbonyl (C=O) groups is 1. The van der Waals surface area contributed by atoms with E-state index in [-0.39, 0.29) is 0 Å². The zero-order valence-electron chi connectivity index (χ0n) is 7.57. The number of hydrogen-bond donors (Lipinski definition) is 0. The highest BCUT2D eigenvalue weighted by Crippen LogP contribution is 2.28. The van der Waals surface area contributed by atoms with Gasteiger partial charge in [-0.2, -0.15) is 5.26 Å². The maximum atomic E-state index is 10.9. The van der Waals surface area contributed by atoms with E-state index in [2.05, 4.69) is 0 Å². The van der Waals surface area contributed by atoms with Gasteiger partial charge in [0.05, 0.1) is 11.6 Å². The molecular weight excluding hydrogens is 194 g/mol. The smallest absolute Gasteiger partial charge is 0.152 e. The van der Waals surface area contributed by atoms with Gasteiger partial charge in [0.15, 0.2) is 6.29 Å². The van der Waals surface area contributed by atoms with Crippen LogP contribution in [0.25, 0.3) is 10.1 Å². The molecule has 0 aliphatic carbocycles. The zero-order valence-corrected chi connectivity index (χ0v) is 8.39. The number of nitrogens with zero attached hydrogens (tertiary/aromatic N) is 1. The quantitative estimate of drug-likeness (QED) is 0.665. The molecule has 0 radical (unpaired) electrons.